The topological polar surface area (TPSA) is 89.6 Å². The lowest BCUT2D eigenvalue weighted by molar-refractivity contribution is -0.134. The minimum absolute atomic E-state index is 0.523. The molecule has 0 spiro atoms. The summed E-state index contributed by atoms with van der Waals surface area (Å²) >= 11 is 0. The Bertz CT molecular complexity index is 196. The minimum atomic E-state index is -0.833. The van der Waals surface area contributed by atoms with Crippen molar-refractivity contribution in [2.45, 2.75) is 39.0 Å². The van der Waals surface area contributed by atoms with Gasteiger partial charge in [-0.3, -0.25) is 4.79 Å². The third-order valence-corrected chi connectivity index (χ3v) is 2.19. The zero-order chi connectivity index (χ0) is 11.7. The fraction of sp³-hybridized carbons (Fsp3) is 0.800. The van der Waals surface area contributed by atoms with E-state index in [4.69, 9.17) is 20.4 Å². The molecule has 1 rings (SSSR count). The lowest BCUT2D eigenvalue weighted by Crippen LogP contribution is -2.20. The van der Waals surface area contributed by atoms with E-state index in [0.717, 1.165) is 6.92 Å². The van der Waals surface area contributed by atoms with E-state index in [-0.39, 0.29) is 0 Å². The van der Waals surface area contributed by atoms with Gasteiger partial charge in [0.1, 0.15) is 0 Å². The van der Waals surface area contributed by atoms with Crippen LogP contribution in [0.25, 0.3) is 0 Å². The average Bonchev–Trinajstić information content (AvgIpc) is 2.15. The molecule has 0 aromatic carbocycles. The van der Waals surface area contributed by atoms with Crippen LogP contribution in [0.5, 0.6) is 0 Å². The lowest BCUT2D eigenvalue weighted by Gasteiger charge is -2.20. The molecule has 0 saturated heterocycles. The first kappa shape index (κ1) is 13.7. The molecule has 1 saturated carbocycles. The minimum Gasteiger partial charge on any atom is -0.481 e. The molecular formula is C10H19NO4. The van der Waals surface area contributed by atoms with E-state index in [1.54, 1.807) is 0 Å². The Balaban J connectivity index is 0.000000423. The smallest absolute Gasteiger partial charge is 0.404 e. The molecule has 1 fully saturated rings. The van der Waals surface area contributed by atoms with Gasteiger partial charge < -0.3 is 15.6 Å². The Morgan fingerprint density at radius 3 is 2.20 bits per heavy atom. The van der Waals surface area contributed by atoms with Crippen LogP contribution in [-0.2, 0) is 9.53 Å². The number of carboxylic acids is 1. The fourth-order valence-electron chi connectivity index (χ4n) is 1.55. The number of hydrogen-bond acceptors (Lipinski definition) is 3. The highest BCUT2D eigenvalue weighted by Gasteiger charge is 2.14. The maximum atomic E-state index is 10.2. The first-order valence-electron chi connectivity index (χ1n) is 5.14. The number of rotatable bonds is 2. The SMILES string of the molecule is CC(=O)O.NC(=O)OCC1CCCCC1. The van der Waals surface area contributed by atoms with Crippen LogP contribution in [0.3, 0.4) is 0 Å². The molecule has 5 heteroatoms. The van der Waals surface area contributed by atoms with Gasteiger partial charge in [-0.05, 0) is 18.8 Å². The van der Waals surface area contributed by atoms with Gasteiger partial charge >= 0.3 is 6.09 Å². The lowest BCUT2D eigenvalue weighted by atomic mass is 9.90. The number of amides is 1. The molecule has 0 aromatic rings. The van der Waals surface area contributed by atoms with Crippen molar-refractivity contribution in [1.29, 1.82) is 0 Å². The summed E-state index contributed by atoms with van der Waals surface area (Å²) in [5, 5.41) is 7.42. The van der Waals surface area contributed by atoms with E-state index in [0.29, 0.717) is 12.5 Å². The highest BCUT2D eigenvalue weighted by Crippen LogP contribution is 2.23. The maximum Gasteiger partial charge on any atom is 0.404 e. The van der Waals surface area contributed by atoms with Crippen LogP contribution < -0.4 is 5.73 Å². The van der Waals surface area contributed by atoms with Gasteiger partial charge in [-0.15, -0.1) is 0 Å². The molecule has 0 unspecified atom stereocenters. The summed E-state index contributed by atoms with van der Waals surface area (Å²) in [5.41, 5.74) is 4.85. The predicted molar refractivity (Wildman–Crippen MR) is 55.4 cm³/mol. The van der Waals surface area contributed by atoms with Crippen LogP contribution in [0.15, 0.2) is 0 Å². The molecule has 0 heterocycles. The van der Waals surface area contributed by atoms with Gasteiger partial charge in [0.25, 0.3) is 5.97 Å². The third kappa shape index (κ3) is 10.7. The number of carbonyl (C=O) groups is 2. The van der Waals surface area contributed by atoms with Gasteiger partial charge in [0.2, 0.25) is 0 Å². The molecular weight excluding hydrogens is 198 g/mol. The standard InChI is InChI=1S/C8H15NO2.C2H4O2/c9-8(10)11-6-7-4-2-1-3-5-7;1-2(3)4/h7H,1-6H2,(H2,9,10);1H3,(H,3,4). The molecule has 1 amide bonds. The highest BCUT2D eigenvalue weighted by atomic mass is 16.5. The van der Waals surface area contributed by atoms with E-state index in [1.807, 2.05) is 0 Å². The predicted octanol–water partition coefficient (Wildman–Crippen LogP) is 1.75. The Morgan fingerprint density at radius 2 is 1.80 bits per heavy atom. The molecule has 0 aliphatic heterocycles. The Labute approximate surface area is 89.6 Å². The number of nitrogens with two attached hydrogens (primary N) is 1. The summed E-state index contributed by atoms with van der Waals surface area (Å²) in [7, 11) is 0. The molecule has 1 aliphatic carbocycles. The van der Waals surface area contributed by atoms with Crippen molar-refractivity contribution >= 4 is 12.1 Å². The van der Waals surface area contributed by atoms with Crippen LogP contribution >= 0.6 is 0 Å². The maximum absolute atomic E-state index is 10.2. The highest BCUT2D eigenvalue weighted by molar-refractivity contribution is 5.64. The fourth-order valence-corrected chi connectivity index (χ4v) is 1.55. The molecule has 0 atom stereocenters. The number of carbonyl (C=O) groups excluding carboxylic acids is 1. The number of carboxylic acid groups (broad SMARTS) is 1. The monoisotopic (exact) mass is 217 g/mol. The molecule has 15 heavy (non-hydrogen) atoms. The van der Waals surface area contributed by atoms with E-state index < -0.39 is 12.1 Å². The van der Waals surface area contributed by atoms with Crippen LogP contribution in [0.1, 0.15) is 39.0 Å². The molecule has 88 valence electrons. The van der Waals surface area contributed by atoms with Crippen molar-refractivity contribution in [2.24, 2.45) is 11.7 Å². The summed E-state index contributed by atoms with van der Waals surface area (Å²) in [5.74, 6) is -0.267. The normalized spacial score (nSPS) is 16.1. The Kier molecular flexibility index (Phi) is 7.40. The molecule has 1 aliphatic rings. The molecule has 5 nitrogen and oxygen atoms in total. The van der Waals surface area contributed by atoms with Crippen molar-refractivity contribution in [2.75, 3.05) is 6.61 Å². The third-order valence-electron chi connectivity index (χ3n) is 2.19. The van der Waals surface area contributed by atoms with Crippen molar-refractivity contribution in [3.63, 3.8) is 0 Å². The molecule has 0 radical (unpaired) electrons. The summed E-state index contributed by atoms with van der Waals surface area (Å²) in [6, 6.07) is 0. The summed E-state index contributed by atoms with van der Waals surface area (Å²) in [6.45, 7) is 1.61. The first-order chi connectivity index (χ1) is 7.02. The van der Waals surface area contributed by atoms with Gasteiger partial charge in [-0.1, -0.05) is 19.3 Å². The van der Waals surface area contributed by atoms with E-state index in [9.17, 15) is 4.79 Å². The van der Waals surface area contributed by atoms with E-state index in [1.165, 1.54) is 32.1 Å². The average molecular weight is 217 g/mol. The number of ether oxygens (including phenoxy) is 1. The zero-order valence-corrected chi connectivity index (χ0v) is 9.07. The van der Waals surface area contributed by atoms with Crippen molar-refractivity contribution in [1.82, 2.24) is 0 Å². The van der Waals surface area contributed by atoms with Gasteiger partial charge in [0, 0.05) is 6.92 Å². The van der Waals surface area contributed by atoms with Crippen LogP contribution in [0.2, 0.25) is 0 Å². The Hall–Kier alpha value is -1.26. The second kappa shape index (κ2) is 8.08. The van der Waals surface area contributed by atoms with Crippen molar-refractivity contribution in [3.8, 4) is 0 Å². The number of primary amides is 1. The summed E-state index contributed by atoms with van der Waals surface area (Å²) in [6.07, 6.45) is 5.60. The van der Waals surface area contributed by atoms with Crippen LogP contribution in [0, 0.1) is 5.92 Å². The Morgan fingerprint density at radius 1 is 1.33 bits per heavy atom. The number of aliphatic carboxylic acids is 1. The molecule has 3 N–H and O–H groups in total. The van der Waals surface area contributed by atoms with E-state index in [2.05, 4.69) is 0 Å². The quantitative estimate of drug-likeness (QED) is 0.737. The van der Waals surface area contributed by atoms with Crippen molar-refractivity contribution in [3.05, 3.63) is 0 Å². The van der Waals surface area contributed by atoms with Crippen molar-refractivity contribution < 1.29 is 19.4 Å². The first-order valence-corrected chi connectivity index (χ1v) is 5.14. The summed E-state index contributed by atoms with van der Waals surface area (Å²) < 4.78 is 4.72. The van der Waals surface area contributed by atoms with Gasteiger partial charge in [-0.2, -0.15) is 0 Å². The summed E-state index contributed by atoms with van der Waals surface area (Å²) in [4.78, 5) is 19.2. The number of hydrogen-bond donors (Lipinski definition) is 2. The van der Waals surface area contributed by atoms with Crippen LogP contribution in [0.4, 0.5) is 4.79 Å². The largest absolute Gasteiger partial charge is 0.481 e. The second-order valence-corrected chi connectivity index (χ2v) is 3.65. The molecule has 0 bridgehead atoms. The molecule has 0 aromatic heterocycles. The van der Waals surface area contributed by atoms with E-state index >= 15 is 0 Å². The van der Waals surface area contributed by atoms with Gasteiger partial charge in [0.05, 0.1) is 6.61 Å². The second-order valence-electron chi connectivity index (χ2n) is 3.65. The zero-order valence-electron chi connectivity index (χ0n) is 9.07. The van der Waals surface area contributed by atoms with Crippen LogP contribution in [-0.4, -0.2) is 23.8 Å². The van der Waals surface area contributed by atoms with Gasteiger partial charge in [0.15, 0.2) is 0 Å². The van der Waals surface area contributed by atoms with Gasteiger partial charge in [-0.25, -0.2) is 4.79 Å².